The van der Waals surface area contributed by atoms with E-state index in [-0.39, 0.29) is 5.54 Å². The Hall–Kier alpha value is -0.730. The summed E-state index contributed by atoms with van der Waals surface area (Å²) >= 11 is 5.84. The highest BCUT2D eigenvalue weighted by Gasteiger charge is 2.11. The Morgan fingerprint density at radius 3 is 2.67 bits per heavy atom. The van der Waals surface area contributed by atoms with Crippen molar-refractivity contribution in [2.45, 2.75) is 26.3 Å². The molecule has 0 aliphatic rings. The summed E-state index contributed by atoms with van der Waals surface area (Å²) in [6.45, 7) is 8.22. The zero-order valence-electron chi connectivity index (χ0n) is 9.59. The lowest BCUT2D eigenvalue weighted by Crippen LogP contribution is -2.95. The minimum atomic E-state index is 0.262. The first-order valence-electron chi connectivity index (χ1n) is 5.20. The fraction of sp³-hybridized carbons (Fsp3) is 0.500. The first-order valence-corrected chi connectivity index (χ1v) is 5.58. The van der Waals surface area contributed by atoms with Crippen LogP contribution in [0.2, 0.25) is 5.02 Å². The number of nitrogens with two attached hydrogens (primary N) is 1. The van der Waals surface area contributed by atoms with E-state index in [1.54, 1.807) is 0 Å². The third-order valence-electron chi connectivity index (χ3n) is 1.94. The molecular weight excluding hydrogens is 210 g/mol. The van der Waals surface area contributed by atoms with E-state index >= 15 is 0 Å². The average molecular weight is 229 g/mol. The van der Waals surface area contributed by atoms with E-state index in [4.69, 9.17) is 16.3 Å². The van der Waals surface area contributed by atoms with Crippen molar-refractivity contribution in [3.05, 3.63) is 29.3 Å². The molecule has 0 aliphatic heterocycles. The van der Waals surface area contributed by atoms with E-state index in [1.807, 2.05) is 24.3 Å². The maximum absolute atomic E-state index is 5.84. The molecule has 0 radical (unpaired) electrons. The van der Waals surface area contributed by atoms with E-state index < -0.39 is 0 Å². The third kappa shape index (κ3) is 5.65. The van der Waals surface area contributed by atoms with Gasteiger partial charge in [-0.15, -0.1) is 0 Å². The van der Waals surface area contributed by atoms with Crippen LogP contribution in [0.4, 0.5) is 0 Å². The lowest BCUT2D eigenvalue weighted by Gasteiger charge is -2.16. The van der Waals surface area contributed by atoms with Gasteiger partial charge in [-0.1, -0.05) is 17.7 Å². The molecule has 0 amide bonds. The summed E-state index contributed by atoms with van der Waals surface area (Å²) in [5.41, 5.74) is 0.262. The molecular formula is C12H19ClNO+. The third-order valence-corrected chi connectivity index (χ3v) is 2.17. The highest BCUT2D eigenvalue weighted by atomic mass is 35.5. The molecule has 1 aromatic rings. The maximum Gasteiger partial charge on any atom is 0.137 e. The number of hydrogen-bond donors (Lipinski definition) is 1. The van der Waals surface area contributed by atoms with Gasteiger partial charge in [-0.3, -0.25) is 0 Å². The fourth-order valence-corrected chi connectivity index (χ4v) is 1.41. The Bertz CT molecular complexity index is 307. The van der Waals surface area contributed by atoms with Crippen molar-refractivity contribution < 1.29 is 10.1 Å². The Morgan fingerprint density at radius 1 is 1.33 bits per heavy atom. The summed E-state index contributed by atoms with van der Waals surface area (Å²) in [6, 6.07) is 7.49. The minimum Gasteiger partial charge on any atom is -0.488 e. The second-order valence-electron chi connectivity index (χ2n) is 4.66. The van der Waals surface area contributed by atoms with Gasteiger partial charge >= 0.3 is 0 Å². The molecule has 0 aliphatic carbocycles. The molecule has 2 N–H and O–H groups in total. The van der Waals surface area contributed by atoms with Crippen LogP contribution < -0.4 is 10.1 Å². The van der Waals surface area contributed by atoms with Crippen LogP contribution in [0.15, 0.2) is 24.3 Å². The molecule has 0 spiro atoms. The van der Waals surface area contributed by atoms with Crippen LogP contribution in [0, 0.1) is 0 Å². The monoisotopic (exact) mass is 228 g/mol. The van der Waals surface area contributed by atoms with Crippen molar-refractivity contribution in [1.29, 1.82) is 0 Å². The second-order valence-corrected chi connectivity index (χ2v) is 5.10. The van der Waals surface area contributed by atoms with Gasteiger partial charge in [-0.25, -0.2) is 0 Å². The van der Waals surface area contributed by atoms with Crippen molar-refractivity contribution in [1.82, 2.24) is 0 Å². The molecule has 3 heteroatoms. The SMILES string of the molecule is CC(C)(C)[NH2+]CCOc1cccc(Cl)c1. The van der Waals surface area contributed by atoms with Crippen LogP contribution in [0.3, 0.4) is 0 Å². The van der Waals surface area contributed by atoms with E-state index in [2.05, 4.69) is 26.1 Å². The van der Waals surface area contributed by atoms with E-state index in [1.165, 1.54) is 0 Å². The van der Waals surface area contributed by atoms with Gasteiger partial charge in [0, 0.05) is 5.02 Å². The number of hydrogen-bond acceptors (Lipinski definition) is 1. The maximum atomic E-state index is 5.84. The summed E-state index contributed by atoms with van der Waals surface area (Å²) in [4.78, 5) is 0. The second kappa shape index (κ2) is 5.38. The molecule has 0 heterocycles. The number of halogens is 1. The lowest BCUT2D eigenvalue weighted by atomic mass is 10.1. The van der Waals surface area contributed by atoms with Gasteiger partial charge in [0.05, 0.1) is 5.54 Å². The topological polar surface area (TPSA) is 25.8 Å². The first kappa shape index (κ1) is 12.3. The lowest BCUT2D eigenvalue weighted by molar-refractivity contribution is -0.717. The highest BCUT2D eigenvalue weighted by molar-refractivity contribution is 6.30. The molecule has 84 valence electrons. The molecule has 0 unspecified atom stereocenters. The number of rotatable bonds is 4. The van der Waals surface area contributed by atoms with E-state index in [9.17, 15) is 0 Å². The van der Waals surface area contributed by atoms with Gasteiger partial charge in [-0.2, -0.15) is 0 Å². The van der Waals surface area contributed by atoms with Gasteiger partial charge in [0.15, 0.2) is 0 Å². The number of ether oxygens (including phenoxy) is 1. The fourth-order valence-electron chi connectivity index (χ4n) is 1.23. The molecule has 15 heavy (non-hydrogen) atoms. The van der Waals surface area contributed by atoms with Gasteiger partial charge in [-0.05, 0) is 39.0 Å². The minimum absolute atomic E-state index is 0.262. The van der Waals surface area contributed by atoms with Crippen molar-refractivity contribution in [3.63, 3.8) is 0 Å². The Balaban J connectivity index is 2.26. The van der Waals surface area contributed by atoms with Crippen LogP contribution in [-0.2, 0) is 0 Å². The highest BCUT2D eigenvalue weighted by Crippen LogP contribution is 2.16. The molecule has 1 rings (SSSR count). The Morgan fingerprint density at radius 2 is 2.07 bits per heavy atom. The van der Waals surface area contributed by atoms with Gasteiger partial charge < -0.3 is 10.1 Å². The zero-order valence-corrected chi connectivity index (χ0v) is 10.3. The summed E-state index contributed by atoms with van der Waals surface area (Å²) in [5, 5.41) is 2.98. The molecule has 2 nitrogen and oxygen atoms in total. The predicted octanol–water partition coefficient (Wildman–Crippen LogP) is 2.08. The predicted molar refractivity (Wildman–Crippen MR) is 63.5 cm³/mol. The standard InChI is InChI=1S/C12H18ClNO/c1-12(2,3)14-7-8-15-11-6-4-5-10(13)9-11/h4-6,9,14H,7-8H2,1-3H3/p+1. The van der Waals surface area contributed by atoms with Crippen LogP contribution in [0.5, 0.6) is 5.75 Å². The normalized spacial score (nSPS) is 11.5. The van der Waals surface area contributed by atoms with Gasteiger partial charge in [0.1, 0.15) is 18.9 Å². The van der Waals surface area contributed by atoms with Crippen LogP contribution in [0.1, 0.15) is 20.8 Å². The van der Waals surface area contributed by atoms with Crippen LogP contribution in [0.25, 0.3) is 0 Å². The van der Waals surface area contributed by atoms with Gasteiger partial charge in [0.2, 0.25) is 0 Å². The average Bonchev–Trinajstić information content (AvgIpc) is 2.11. The van der Waals surface area contributed by atoms with Crippen molar-refractivity contribution in [2.24, 2.45) is 0 Å². The number of quaternary nitrogens is 1. The first-order chi connectivity index (χ1) is 6.97. The van der Waals surface area contributed by atoms with E-state index in [0.717, 1.165) is 12.3 Å². The zero-order chi connectivity index (χ0) is 11.3. The molecule has 0 bridgehead atoms. The molecule has 0 fully saturated rings. The summed E-state index contributed by atoms with van der Waals surface area (Å²) < 4.78 is 5.57. The van der Waals surface area contributed by atoms with Gasteiger partial charge in [0.25, 0.3) is 0 Å². The summed E-state index contributed by atoms with van der Waals surface area (Å²) in [6.07, 6.45) is 0. The molecule has 0 saturated heterocycles. The van der Waals surface area contributed by atoms with E-state index in [0.29, 0.717) is 11.6 Å². The van der Waals surface area contributed by atoms with Crippen molar-refractivity contribution in [3.8, 4) is 5.75 Å². The summed E-state index contributed by atoms with van der Waals surface area (Å²) in [5.74, 6) is 0.838. The molecule has 0 atom stereocenters. The van der Waals surface area contributed by atoms with Crippen LogP contribution in [-0.4, -0.2) is 18.7 Å². The van der Waals surface area contributed by atoms with Crippen LogP contribution >= 0.6 is 11.6 Å². The largest absolute Gasteiger partial charge is 0.488 e. The summed E-state index contributed by atoms with van der Waals surface area (Å²) in [7, 11) is 0. The van der Waals surface area contributed by atoms with Crippen molar-refractivity contribution in [2.75, 3.05) is 13.2 Å². The van der Waals surface area contributed by atoms with Crippen molar-refractivity contribution >= 4 is 11.6 Å². The Kier molecular flexibility index (Phi) is 4.43. The Labute approximate surface area is 96.6 Å². The molecule has 1 aromatic carbocycles. The molecule has 0 aromatic heterocycles. The molecule has 0 saturated carbocycles. The quantitative estimate of drug-likeness (QED) is 0.785. The number of benzene rings is 1. The smallest absolute Gasteiger partial charge is 0.137 e.